The predicted molar refractivity (Wildman–Crippen MR) is 88.8 cm³/mol. The summed E-state index contributed by atoms with van der Waals surface area (Å²) < 4.78 is 38.1. The van der Waals surface area contributed by atoms with Crippen LogP contribution in [0.2, 0.25) is 0 Å². The number of carbonyl (C=O) groups is 3. The second-order valence-electron chi connectivity index (χ2n) is 5.06. The Morgan fingerprint density at radius 1 is 1.04 bits per heavy atom. The molecule has 0 aromatic heterocycles. The number of hydrogen-bond acceptors (Lipinski definition) is 6. The number of carbonyl (C=O) groups excluding carboxylic acids is 3. The molecule has 2 rings (SSSR count). The van der Waals surface area contributed by atoms with E-state index < -0.39 is 31.0 Å². The first-order chi connectivity index (χ1) is 12.9. The number of benzene rings is 2. The van der Waals surface area contributed by atoms with E-state index in [-0.39, 0.29) is 22.6 Å². The van der Waals surface area contributed by atoms with E-state index in [0.717, 1.165) is 12.1 Å². The molecule has 1 N–H and O–H groups in total. The Kier molecular flexibility index (Phi) is 6.81. The van der Waals surface area contributed by atoms with E-state index in [1.165, 1.54) is 25.3 Å². The first kappa shape index (κ1) is 19.8. The van der Waals surface area contributed by atoms with Crippen molar-refractivity contribution in [2.75, 3.05) is 13.7 Å². The summed E-state index contributed by atoms with van der Waals surface area (Å²) in [5.74, 6) is -2.25. The molecule has 0 heterocycles. The van der Waals surface area contributed by atoms with Gasteiger partial charge in [-0.05, 0) is 36.4 Å². The summed E-state index contributed by atoms with van der Waals surface area (Å²) in [6.07, 6.45) is 0. The van der Waals surface area contributed by atoms with Gasteiger partial charge in [0.25, 0.3) is 11.8 Å². The van der Waals surface area contributed by atoms with Crippen molar-refractivity contribution >= 4 is 17.8 Å². The number of para-hydroxylation sites is 1. The van der Waals surface area contributed by atoms with Crippen LogP contribution in [0.5, 0.6) is 11.5 Å². The highest BCUT2D eigenvalue weighted by Gasteiger charge is 2.16. The Morgan fingerprint density at radius 3 is 2.33 bits per heavy atom. The van der Waals surface area contributed by atoms with E-state index in [4.69, 9.17) is 9.47 Å². The molecule has 0 atom stereocenters. The molecule has 27 heavy (non-hydrogen) atoms. The molecule has 0 aliphatic carbocycles. The molecule has 7 nitrogen and oxygen atoms in total. The van der Waals surface area contributed by atoms with Gasteiger partial charge in [-0.2, -0.15) is 8.78 Å². The Hall–Kier alpha value is -3.49. The van der Waals surface area contributed by atoms with Crippen LogP contribution >= 0.6 is 0 Å². The van der Waals surface area contributed by atoms with Crippen LogP contribution in [0.1, 0.15) is 20.7 Å². The van der Waals surface area contributed by atoms with Crippen molar-refractivity contribution < 1.29 is 37.4 Å². The Balaban J connectivity index is 1.87. The van der Waals surface area contributed by atoms with Crippen LogP contribution in [-0.2, 0) is 9.53 Å². The first-order valence-electron chi connectivity index (χ1n) is 7.60. The standard InChI is InChI=1S/C18H15F2NO6/c1-25-14-5-3-2-4-13(14)16(23)21-15(22)10-26-17(24)11-6-8-12(9-7-11)27-18(19)20/h2-9,18H,10H2,1H3,(H,21,22,23). The molecular formula is C18H15F2NO6. The van der Waals surface area contributed by atoms with E-state index in [9.17, 15) is 23.2 Å². The normalized spacial score (nSPS) is 10.2. The second-order valence-corrected chi connectivity index (χ2v) is 5.06. The quantitative estimate of drug-likeness (QED) is 0.743. The molecule has 2 amide bonds. The molecule has 9 heteroatoms. The third-order valence-corrected chi connectivity index (χ3v) is 3.25. The van der Waals surface area contributed by atoms with Gasteiger partial charge in [-0.25, -0.2) is 4.79 Å². The number of ether oxygens (including phenoxy) is 3. The van der Waals surface area contributed by atoms with E-state index in [1.807, 2.05) is 0 Å². The molecule has 2 aromatic rings. The van der Waals surface area contributed by atoms with Crippen LogP contribution in [-0.4, -0.2) is 38.1 Å². The number of imide groups is 1. The topological polar surface area (TPSA) is 90.9 Å². The number of esters is 1. The molecule has 0 saturated heterocycles. The highest BCUT2D eigenvalue weighted by atomic mass is 19.3. The van der Waals surface area contributed by atoms with E-state index in [1.54, 1.807) is 18.2 Å². The summed E-state index contributed by atoms with van der Waals surface area (Å²) in [7, 11) is 1.38. The summed E-state index contributed by atoms with van der Waals surface area (Å²) in [6, 6.07) is 11.0. The first-order valence-corrected chi connectivity index (χ1v) is 7.60. The van der Waals surface area contributed by atoms with Crippen molar-refractivity contribution in [2.24, 2.45) is 0 Å². The van der Waals surface area contributed by atoms with Gasteiger partial charge >= 0.3 is 12.6 Å². The van der Waals surface area contributed by atoms with Gasteiger partial charge in [0.2, 0.25) is 0 Å². The summed E-state index contributed by atoms with van der Waals surface area (Å²) >= 11 is 0. The van der Waals surface area contributed by atoms with E-state index in [0.29, 0.717) is 0 Å². The maximum absolute atomic E-state index is 12.1. The average molecular weight is 379 g/mol. The van der Waals surface area contributed by atoms with Crippen LogP contribution < -0.4 is 14.8 Å². The molecule has 142 valence electrons. The molecule has 0 bridgehead atoms. The summed E-state index contributed by atoms with van der Waals surface area (Å²) in [6.45, 7) is -3.68. The Bertz CT molecular complexity index is 823. The van der Waals surface area contributed by atoms with Crippen molar-refractivity contribution in [3.05, 3.63) is 59.7 Å². The van der Waals surface area contributed by atoms with Gasteiger partial charge in [-0.15, -0.1) is 0 Å². The number of halogens is 2. The number of methoxy groups -OCH3 is 1. The van der Waals surface area contributed by atoms with Crippen molar-refractivity contribution in [1.82, 2.24) is 5.32 Å². The molecule has 2 aromatic carbocycles. The number of alkyl halides is 2. The highest BCUT2D eigenvalue weighted by molar-refractivity contribution is 6.07. The van der Waals surface area contributed by atoms with Gasteiger partial charge in [-0.1, -0.05) is 12.1 Å². The van der Waals surface area contributed by atoms with E-state index in [2.05, 4.69) is 10.1 Å². The Morgan fingerprint density at radius 2 is 1.70 bits per heavy atom. The summed E-state index contributed by atoms with van der Waals surface area (Å²) in [4.78, 5) is 35.7. The number of rotatable bonds is 7. The van der Waals surface area contributed by atoms with Crippen molar-refractivity contribution in [1.29, 1.82) is 0 Å². The second kappa shape index (κ2) is 9.27. The number of nitrogens with one attached hydrogen (secondary N) is 1. The smallest absolute Gasteiger partial charge is 0.387 e. The zero-order valence-electron chi connectivity index (χ0n) is 14.1. The Labute approximate surface area is 152 Å². The third kappa shape index (κ3) is 5.77. The van der Waals surface area contributed by atoms with E-state index >= 15 is 0 Å². The van der Waals surface area contributed by atoms with Gasteiger partial charge in [0.1, 0.15) is 11.5 Å². The van der Waals surface area contributed by atoms with Gasteiger partial charge in [0.15, 0.2) is 6.61 Å². The average Bonchev–Trinajstić information content (AvgIpc) is 2.66. The monoisotopic (exact) mass is 379 g/mol. The zero-order chi connectivity index (χ0) is 19.8. The zero-order valence-corrected chi connectivity index (χ0v) is 14.1. The molecule has 0 aliphatic rings. The van der Waals surface area contributed by atoms with Crippen LogP contribution in [0.25, 0.3) is 0 Å². The molecule has 0 fully saturated rings. The predicted octanol–water partition coefficient (Wildman–Crippen LogP) is 2.41. The fourth-order valence-electron chi connectivity index (χ4n) is 2.05. The lowest BCUT2D eigenvalue weighted by atomic mass is 10.2. The molecule has 0 radical (unpaired) electrons. The summed E-state index contributed by atoms with van der Waals surface area (Å²) in [5, 5.41) is 2.07. The lowest BCUT2D eigenvalue weighted by molar-refractivity contribution is -0.123. The lowest BCUT2D eigenvalue weighted by Crippen LogP contribution is -2.34. The minimum Gasteiger partial charge on any atom is -0.496 e. The maximum atomic E-state index is 12.1. The van der Waals surface area contributed by atoms with Crippen molar-refractivity contribution in [3.63, 3.8) is 0 Å². The lowest BCUT2D eigenvalue weighted by Gasteiger charge is -2.09. The van der Waals surface area contributed by atoms with Gasteiger partial charge < -0.3 is 14.2 Å². The van der Waals surface area contributed by atoms with Crippen LogP contribution in [0, 0.1) is 0 Å². The molecule has 0 aliphatic heterocycles. The van der Waals surface area contributed by atoms with Gasteiger partial charge in [0.05, 0.1) is 18.2 Å². The van der Waals surface area contributed by atoms with Crippen molar-refractivity contribution in [3.8, 4) is 11.5 Å². The van der Waals surface area contributed by atoms with Gasteiger partial charge in [-0.3, -0.25) is 14.9 Å². The minimum absolute atomic E-state index is 0.0282. The number of hydrogen-bond donors (Lipinski definition) is 1. The van der Waals surface area contributed by atoms with Crippen LogP contribution in [0.15, 0.2) is 48.5 Å². The summed E-state index contributed by atoms with van der Waals surface area (Å²) in [5.41, 5.74) is 0.176. The van der Waals surface area contributed by atoms with Crippen LogP contribution in [0.3, 0.4) is 0 Å². The largest absolute Gasteiger partial charge is 0.496 e. The maximum Gasteiger partial charge on any atom is 0.387 e. The molecule has 0 spiro atoms. The minimum atomic E-state index is -2.98. The fourth-order valence-corrected chi connectivity index (χ4v) is 2.05. The van der Waals surface area contributed by atoms with Crippen LogP contribution in [0.4, 0.5) is 8.78 Å². The number of amides is 2. The van der Waals surface area contributed by atoms with Gasteiger partial charge in [0, 0.05) is 0 Å². The molecule has 0 saturated carbocycles. The fraction of sp³-hybridized carbons (Fsp3) is 0.167. The van der Waals surface area contributed by atoms with Crippen molar-refractivity contribution in [2.45, 2.75) is 6.61 Å². The molecular weight excluding hydrogens is 364 g/mol. The SMILES string of the molecule is COc1ccccc1C(=O)NC(=O)COC(=O)c1ccc(OC(F)F)cc1. The molecule has 0 unspecified atom stereocenters. The highest BCUT2D eigenvalue weighted by Crippen LogP contribution is 2.17. The third-order valence-electron chi connectivity index (χ3n) is 3.25.